The molecule has 0 unspecified atom stereocenters. The second-order valence-corrected chi connectivity index (χ2v) is 7.40. The molecule has 1 atom stereocenters. The van der Waals surface area contributed by atoms with Gasteiger partial charge in [-0.3, -0.25) is 5.10 Å². The third-order valence-corrected chi connectivity index (χ3v) is 5.83. The van der Waals surface area contributed by atoms with Crippen LogP contribution in [0.2, 0.25) is 0 Å². The average molecular weight is 336 g/mol. The van der Waals surface area contributed by atoms with Crippen LogP contribution in [0.1, 0.15) is 32.1 Å². The lowest BCUT2D eigenvalue weighted by Crippen LogP contribution is -2.59. The second kappa shape index (κ2) is 5.88. The molecule has 2 aliphatic rings. The first kappa shape index (κ1) is 15.0. The molecule has 3 N–H and O–H groups in total. The van der Waals surface area contributed by atoms with Gasteiger partial charge in [0, 0.05) is 42.8 Å². The molecule has 25 heavy (non-hydrogen) atoms. The van der Waals surface area contributed by atoms with Crippen molar-refractivity contribution >= 4 is 16.7 Å². The number of hydrogen-bond donors (Lipinski definition) is 3. The molecule has 130 valence electrons. The van der Waals surface area contributed by atoms with E-state index in [-0.39, 0.29) is 5.54 Å². The Morgan fingerprint density at radius 1 is 1.12 bits per heavy atom. The number of nitrogens with one attached hydrogen (secondary N) is 3. The van der Waals surface area contributed by atoms with Gasteiger partial charge in [0.1, 0.15) is 5.65 Å². The van der Waals surface area contributed by atoms with Crippen LogP contribution >= 0.6 is 0 Å². The van der Waals surface area contributed by atoms with Crippen LogP contribution in [0.4, 0.5) is 5.69 Å². The Morgan fingerprint density at radius 2 is 2.08 bits per heavy atom. The summed E-state index contributed by atoms with van der Waals surface area (Å²) < 4.78 is 0. The fourth-order valence-corrected chi connectivity index (χ4v) is 4.63. The van der Waals surface area contributed by atoms with Crippen molar-refractivity contribution in [2.24, 2.45) is 0 Å². The minimum absolute atomic E-state index is 0.287. The SMILES string of the molecule is c1cc(N2CCC[C@@]3(CCCCN3)C2)c2c(-c3cc[nH]n3)c[nH]c2n1. The van der Waals surface area contributed by atoms with E-state index in [4.69, 9.17) is 0 Å². The highest BCUT2D eigenvalue weighted by atomic mass is 15.2. The maximum atomic E-state index is 4.54. The molecule has 6 heteroatoms. The van der Waals surface area contributed by atoms with Crippen LogP contribution in [0.25, 0.3) is 22.3 Å². The molecule has 5 heterocycles. The molecule has 3 aromatic heterocycles. The molecule has 2 fully saturated rings. The Bertz CT molecular complexity index is 854. The zero-order valence-electron chi connectivity index (χ0n) is 14.4. The summed E-state index contributed by atoms with van der Waals surface area (Å²) in [5.41, 5.74) is 4.58. The van der Waals surface area contributed by atoms with E-state index in [2.05, 4.69) is 36.4 Å². The monoisotopic (exact) mass is 336 g/mol. The first-order chi connectivity index (χ1) is 12.3. The van der Waals surface area contributed by atoms with Crippen molar-refractivity contribution in [1.82, 2.24) is 25.5 Å². The number of H-pyrrole nitrogens is 2. The zero-order valence-corrected chi connectivity index (χ0v) is 14.4. The van der Waals surface area contributed by atoms with Crippen LogP contribution in [0.3, 0.4) is 0 Å². The number of pyridine rings is 1. The highest BCUT2D eigenvalue weighted by molar-refractivity contribution is 6.01. The summed E-state index contributed by atoms with van der Waals surface area (Å²) in [5.74, 6) is 0. The maximum Gasteiger partial charge on any atom is 0.140 e. The Hall–Kier alpha value is -2.34. The number of aromatic amines is 2. The molecule has 2 saturated heterocycles. The van der Waals surface area contributed by atoms with Gasteiger partial charge in [0.25, 0.3) is 0 Å². The topological polar surface area (TPSA) is 72.6 Å². The van der Waals surface area contributed by atoms with Gasteiger partial charge in [-0.15, -0.1) is 0 Å². The lowest BCUT2D eigenvalue weighted by Gasteiger charge is -2.47. The molecule has 0 aliphatic carbocycles. The summed E-state index contributed by atoms with van der Waals surface area (Å²) in [6, 6.07) is 4.17. The summed E-state index contributed by atoms with van der Waals surface area (Å²) in [7, 11) is 0. The maximum absolute atomic E-state index is 4.54. The Labute approximate surface area is 147 Å². The molecule has 0 aromatic carbocycles. The second-order valence-electron chi connectivity index (χ2n) is 7.40. The van der Waals surface area contributed by atoms with Gasteiger partial charge in [-0.1, -0.05) is 6.42 Å². The van der Waals surface area contributed by atoms with E-state index < -0.39 is 0 Å². The third-order valence-electron chi connectivity index (χ3n) is 5.83. The third kappa shape index (κ3) is 2.52. The van der Waals surface area contributed by atoms with Gasteiger partial charge in [0.15, 0.2) is 0 Å². The van der Waals surface area contributed by atoms with Crippen molar-refractivity contribution in [3.05, 3.63) is 30.7 Å². The predicted octanol–water partition coefficient (Wildman–Crippen LogP) is 3.07. The molecule has 6 nitrogen and oxygen atoms in total. The molecule has 0 saturated carbocycles. The fourth-order valence-electron chi connectivity index (χ4n) is 4.63. The van der Waals surface area contributed by atoms with Gasteiger partial charge >= 0.3 is 0 Å². The Morgan fingerprint density at radius 3 is 2.92 bits per heavy atom. The van der Waals surface area contributed by atoms with Crippen molar-refractivity contribution < 1.29 is 0 Å². The van der Waals surface area contributed by atoms with Crippen molar-refractivity contribution in [3.8, 4) is 11.3 Å². The first-order valence-corrected chi connectivity index (χ1v) is 9.31. The Balaban J connectivity index is 1.57. The Kier molecular flexibility index (Phi) is 3.52. The number of anilines is 1. The van der Waals surface area contributed by atoms with Crippen LogP contribution in [0.15, 0.2) is 30.7 Å². The van der Waals surface area contributed by atoms with E-state index in [0.717, 1.165) is 36.5 Å². The van der Waals surface area contributed by atoms with Crippen molar-refractivity contribution in [3.63, 3.8) is 0 Å². The molecular formula is C19H24N6. The van der Waals surface area contributed by atoms with E-state index in [9.17, 15) is 0 Å². The lowest BCUT2D eigenvalue weighted by atomic mass is 9.81. The molecule has 5 rings (SSSR count). The number of aromatic nitrogens is 4. The molecule has 1 spiro atoms. The summed E-state index contributed by atoms with van der Waals surface area (Å²) in [5, 5.41) is 12.3. The van der Waals surface area contributed by atoms with E-state index in [0.29, 0.717) is 0 Å². The minimum Gasteiger partial charge on any atom is -0.369 e. The van der Waals surface area contributed by atoms with Gasteiger partial charge in [-0.2, -0.15) is 5.10 Å². The van der Waals surface area contributed by atoms with Crippen LogP contribution in [0.5, 0.6) is 0 Å². The average Bonchev–Trinajstić information content (AvgIpc) is 3.31. The number of nitrogens with zero attached hydrogens (tertiary/aromatic N) is 3. The molecular weight excluding hydrogens is 312 g/mol. The van der Waals surface area contributed by atoms with Crippen molar-refractivity contribution in [2.75, 3.05) is 24.5 Å². The van der Waals surface area contributed by atoms with Gasteiger partial charge in [0.05, 0.1) is 16.8 Å². The first-order valence-electron chi connectivity index (χ1n) is 9.31. The summed E-state index contributed by atoms with van der Waals surface area (Å²) in [4.78, 5) is 10.4. The number of hydrogen-bond acceptors (Lipinski definition) is 4. The van der Waals surface area contributed by atoms with Gasteiger partial charge in [-0.05, 0) is 44.4 Å². The van der Waals surface area contributed by atoms with E-state index >= 15 is 0 Å². The molecule has 0 radical (unpaired) electrons. The normalized spacial score (nSPS) is 24.2. The van der Waals surface area contributed by atoms with Gasteiger partial charge in [-0.25, -0.2) is 4.98 Å². The highest BCUT2D eigenvalue weighted by Gasteiger charge is 2.36. The minimum atomic E-state index is 0.287. The number of rotatable bonds is 2. The van der Waals surface area contributed by atoms with Crippen LogP contribution in [0, 0.1) is 0 Å². The summed E-state index contributed by atoms with van der Waals surface area (Å²) >= 11 is 0. The summed E-state index contributed by atoms with van der Waals surface area (Å²) in [6.07, 6.45) is 12.3. The van der Waals surface area contributed by atoms with Crippen molar-refractivity contribution in [1.29, 1.82) is 0 Å². The number of fused-ring (bicyclic) bond motifs is 1. The van der Waals surface area contributed by atoms with Crippen LogP contribution in [-0.2, 0) is 0 Å². The predicted molar refractivity (Wildman–Crippen MR) is 99.7 cm³/mol. The van der Waals surface area contributed by atoms with Crippen LogP contribution < -0.4 is 10.2 Å². The molecule has 2 aliphatic heterocycles. The lowest BCUT2D eigenvalue weighted by molar-refractivity contribution is 0.216. The van der Waals surface area contributed by atoms with E-state index in [1.165, 1.54) is 43.2 Å². The smallest absolute Gasteiger partial charge is 0.140 e. The van der Waals surface area contributed by atoms with E-state index in [1.54, 1.807) is 0 Å². The molecule has 0 amide bonds. The molecule has 3 aromatic rings. The van der Waals surface area contributed by atoms with Crippen molar-refractivity contribution in [2.45, 2.75) is 37.6 Å². The number of piperidine rings is 2. The van der Waals surface area contributed by atoms with Gasteiger partial charge in [0.2, 0.25) is 0 Å². The highest BCUT2D eigenvalue weighted by Crippen LogP contribution is 2.38. The fraction of sp³-hybridized carbons (Fsp3) is 0.474. The molecule has 0 bridgehead atoms. The largest absolute Gasteiger partial charge is 0.369 e. The van der Waals surface area contributed by atoms with E-state index in [1.807, 2.05) is 24.7 Å². The summed E-state index contributed by atoms with van der Waals surface area (Å²) in [6.45, 7) is 3.34. The van der Waals surface area contributed by atoms with Crippen LogP contribution in [-0.4, -0.2) is 45.3 Å². The van der Waals surface area contributed by atoms with Gasteiger partial charge < -0.3 is 15.2 Å². The standard InChI is InChI=1S/C19H24N6/c1-2-8-22-19(6-1)7-3-11-25(13-19)16-5-9-20-18-17(16)14(12-21-18)15-4-10-23-24-15/h4-5,9-10,12,22H,1-3,6-8,11,13H2,(H,20,21)(H,23,24)/t19-/m0/s1. The quantitative estimate of drug-likeness (QED) is 0.672. The zero-order chi connectivity index (χ0) is 16.7.